The Morgan fingerprint density at radius 3 is 1.94 bits per heavy atom. The van der Waals surface area contributed by atoms with Crippen LogP contribution in [0.25, 0.3) is 11.1 Å². The summed E-state index contributed by atoms with van der Waals surface area (Å²) in [6, 6.07) is 15.8. The minimum absolute atomic E-state index is 0.0128. The van der Waals surface area contributed by atoms with Crippen LogP contribution in [0.4, 0.5) is 0 Å². The van der Waals surface area contributed by atoms with Crippen molar-refractivity contribution in [2.45, 2.75) is 12.5 Å². The molecule has 0 aliphatic rings. The lowest BCUT2D eigenvalue weighted by atomic mass is 10.0. The zero-order valence-corrected chi connectivity index (χ0v) is 10.8. The molecule has 0 aliphatic heterocycles. The van der Waals surface area contributed by atoms with E-state index in [-0.39, 0.29) is 12.6 Å². The molecule has 3 heteroatoms. The van der Waals surface area contributed by atoms with Crippen molar-refractivity contribution in [2.24, 2.45) is 5.73 Å². The second kappa shape index (κ2) is 6.01. The van der Waals surface area contributed by atoms with E-state index >= 15 is 0 Å². The van der Waals surface area contributed by atoms with Gasteiger partial charge >= 0.3 is 0 Å². The van der Waals surface area contributed by atoms with Gasteiger partial charge in [-0.2, -0.15) is 0 Å². The zero-order chi connectivity index (χ0) is 13.0. The van der Waals surface area contributed by atoms with E-state index in [1.165, 1.54) is 0 Å². The molecule has 0 amide bonds. The second-order valence-corrected chi connectivity index (χ2v) is 4.79. The molecule has 2 nitrogen and oxygen atoms in total. The smallest absolute Gasteiger partial charge is 0.0585 e. The van der Waals surface area contributed by atoms with Crippen LogP contribution in [-0.4, -0.2) is 17.8 Å². The summed E-state index contributed by atoms with van der Waals surface area (Å²) in [5, 5.41) is 9.66. The van der Waals surface area contributed by atoms with Gasteiger partial charge in [-0.05, 0) is 35.2 Å². The number of rotatable bonds is 4. The summed E-state index contributed by atoms with van der Waals surface area (Å²) in [4.78, 5) is 0. The van der Waals surface area contributed by atoms with Crippen LogP contribution in [0, 0.1) is 0 Å². The van der Waals surface area contributed by atoms with Gasteiger partial charge in [0.1, 0.15) is 0 Å². The number of hydrogen-bond donors (Lipinski definition) is 2. The molecule has 0 radical (unpaired) electrons. The minimum Gasteiger partial charge on any atom is -0.395 e. The monoisotopic (exact) mass is 261 g/mol. The molecule has 0 aliphatic carbocycles. The average Bonchev–Trinajstić information content (AvgIpc) is 2.40. The largest absolute Gasteiger partial charge is 0.395 e. The number of aliphatic hydroxyl groups excluding tert-OH is 1. The quantitative estimate of drug-likeness (QED) is 0.889. The Morgan fingerprint density at radius 1 is 0.944 bits per heavy atom. The van der Waals surface area contributed by atoms with E-state index in [1.54, 1.807) is 0 Å². The highest BCUT2D eigenvalue weighted by molar-refractivity contribution is 6.30. The lowest BCUT2D eigenvalue weighted by Gasteiger charge is -2.09. The molecule has 2 rings (SSSR count). The first kappa shape index (κ1) is 13.1. The van der Waals surface area contributed by atoms with Crippen molar-refractivity contribution in [3.05, 3.63) is 59.1 Å². The molecular formula is C15H16ClNO. The van der Waals surface area contributed by atoms with Crippen LogP contribution < -0.4 is 5.73 Å². The van der Waals surface area contributed by atoms with Gasteiger partial charge in [-0.1, -0.05) is 48.0 Å². The predicted octanol–water partition coefficient (Wildman–Crippen LogP) is 2.87. The van der Waals surface area contributed by atoms with E-state index in [9.17, 15) is 0 Å². The Morgan fingerprint density at radius 2 is 1.44 bits per heavy atom. The first-order valence-corrected chi connectivity index (χ1v) is 6.28. The van der Waals surface area contributed by atoms with E-state index in [1.807, 2.05) is 36.4 Å². The van der Waals surface area contributed by atoms with Crippen molar-refractivity contribution >= 4 is 11.6 Å². The third-order valence-corrected chi connectivity index (χ3v) is 3.12. The molecule has 3 N–H and O–H groups in total. The predicted molar refractivity (Wildman–Crippen MR) is 75.7 cm³/mol. The maximum Gasteiger partial charge on any atom is 0.0585 e. The minimum atomic E-state index is -0.189. The lowest BCUT2D eigenvalue weighted by molar-refractivity contribution is 0.265. The number of halogens is 1. The normalized spacial score (nSPS) is 12.4. The molecule has 18 heavy (non-hydrogen) atoms. The van der Waals surface area contributed by atoms with Gasteiger partial charge in [-0.25, -0.2) is 0 Å². The van der Waals surface area contributed by atoms with Gasteiger partial charge in [-0.15, -0.1) is 0 Å². The van der Waals surface area contributed by atoms with E-state index in [4.69, 9.17) is 22.4 Å². The first-order valence-electron chi connectivity index (χ1n) is 5.90. The molecule has 0 saturated carbocycles. The number of hydrogen-bond acceptors (Lipinski definition) is 2. The number of nitrogens with two attached hydrogens (primary N) is 1. The van der Waals surface area contributed by atoms with Crippen LogP contribution in [0.5, 0.6) is 0 Å². The summed E-state index contributed by atoms with van der Waals surface area (Å²) in [6.07, 6.45) is 0.692. The third kappa shape index (κ3) is 3.33. The highest BCUT2D eigenvalue weighted by Gasteiger charge is 2.03. The zero-order valence-electron chi connectivity index (χ0n) is 10.0. The topological polar surface area (TPSA) is 46.2 Å². The highest BCUT2D eigenvalue weighted by atomic mass is 35.5. The van der Waals surface area contributed by atoms with Crippen LogP contribution >= 0.6 is 11.6 Å². The third-order valence-electron chi connectivity index (χ3n) is 2.86. The van der Waals surface area contributed by atoms with Crippen molar-refractivity contribution in [3.8, 4) is 11.1 Å². The second-order valence-electron chi connectivity index (χ2n) is 4.35. The van der Waals surface area contributed by atoms with Gasteiger partial charge in [-0.3, -0.25) is 0 Å². The van der Waals surface area contributed by atoms with Crippen molar-refractivity contribution in [2.75, 3.05) is 6.61 Å². The maximum atomic E-state index is 8.92. The fraction of sp³-hybridized carbons (Fsp3) is 0.200. The first-order chi connectivity index (χ1) is 8.69. The summed E-state index contributed by atoms with van der Waals surface area (Å²) in [5.74, 6) is 0. The van der Waals surface area contributed by atoms with Gasteiger partial charge in [0.15, 0.2) is 0 Å². The SMILES string of the molecule is NC(CO)Cc1ccc(-c2ccc(Cl)cc2)cc1. The van der Waals surface area contributed by atoms with Gasteiger partial charge < -0.3 is 10.8 Å². The van der Waals surface area contributed by atoms with Gasteiger partial charge in [0.05, 0.1) is 6.61 Å². The van der Waals surface area contributed by atoms with Crippen LogP contribution in [0.2, 0.25) is 5.02 Å². The molecule has 2 aromatic rings. The average molecular weight is 262 g/mol. The molecule has 0 saturated heterocycles. The van der Waals surface area contributed by atoms with Crippen LogP contribution in [0.15, 0.2) is 48.5 Å². The summed E-state index contributed by atoms with van der Waals surface area (Å²) in [5.41, 5.74) is 9.12. The lowest BCUT2D eigenvalue weighted by Crippen LogP contribution is -2.26. The summed E-state index contributed by atoms with van der Waals surface area (Å²) < 4.78 is 0. The molecule has 0 heterocycles. The molecular weight excluding hydrogens is 246 g/mol. The van der Waals surface area contributed by atoms with Gasteiger partial charge in [0.2, 0.25) is 0 Å². The number of aliphatic hydroxyl groups is 1. The molecule has 1 atom stereocenters. The highest BCUT2D eigenvalue weighted by Crippen LogP contribution is 2.22. The van der Waals surface area contributed by atoms with Crippen molar-refractivity contribution in [1.82, 2.24) is 0 Å². The van der Waals surface area contributed by atoms with E-state index < -0.39 is 0 Å². The standard InChI is InChI=1S/C15H16ClNO/c16-14-7-5-13(6-8-14)12-3-1-11(2-4-12)9-15(17)10-18/h1-8,15,18H,9-10,17H2. The maximum absolute atomic E-state index is 8.92. The fourth-order valence-corrected chi connectivity index (χ4v) is 1.97. The van der Waals surface area contributed by atoms with Crippen LogP contribution in [-0.2, 0) is 6.42 Å². The summed E-state index contributed by atoms with van der Waals surface area (Å²) in [6.45, 7) is 0.0128. The van der Waals surface area contributed by atoms with Crippen LogP contribution in [0.1, 0.15) is 5.56 Å². The Kier molecular flexibility index (Phi) is 4.37. The number of benzene rings is 2. The Balaban J connectivity index is 2.14. The van der Waals surface area contributed by atoms with E-state index in [2.05, 4.69) is 12.1 Å². The summed E-state index contributed by atoms with van der Waals surface area (Å²) in [7, 11) is 0. The Labute approximate surface area is 112 Å². The fourth-order valence-electron chi connectivity index (χ4n) is 1.84. The molecule has 0 spiro atoms. The Hall–Kier alpha value is -1.35. The van der Waals surface area contributed by atoms with Crippen LogP contribution in [0.3, 0.4) is 0 Å². The van der Waals surface area contributed by atoms with E-state index in [0.717, 1.165) is 21.7 Å². The van der Waals surface area contributed by atoms with Gasteiger partial charge in [0.25, 0.3) is 0 Å². The van der Waals surface area contributed by atoms with Crippen molar-refractivity contribution < 1.29 is 5.11 Å². The Bertz CT molecular complexity index is 493. The van der Waals surface area contributed by atoms with Crippen molar-refractivity contribution in [3.63, 3.8) is 0 Å². The molecule has 0 fully saturated rings. The molecule has 2 aromatic carbocycles. The summed E-state index contributed by atoms with van der Waals surface area (Å²) >= 11 is 5.86. The molecule has 94 valence electrons. The van der Waals surface area contributed by atoms with Gasteiger partial charge in [0, 0.05) is 11.1 Å². The van der Waals surface area contributed by atoms with Crippen molar-refractivity contribution in [1.29, 1.82) is 0 Å². The molecule has 0 bridgehead atoms. The molecule has 0 aromatic heterocycles. The molecule has 1 unspecified atom stereocenters. The van der Waals surface area contributed by atoms with E-state index in [0.29, 0.717) is 6.42 Å².